The molecule has 1 heterocycles. The van der Waals surface area contributed by atoms with Crippen LogP contribution in [0.4, 0.5) is 0 Å². The number of esters is 2. The summed E-state index contributed by atoms with van der Waals surface area (Å²) in [5.41, 5.74) is 0.370. The molecule has 1 aliphatic rings. The van der Waals surface area contributed by atoms with E-state index in [0.29, 0.717) is 24.8 Å². The van der Waals surface area contributed by atoms with Crippen LogP contribution in [0.2, 0.25) is 0 Å². The third-order valence-electron chi connectivity index (χ3n) is 1.78. The van der Waals surface area contributed by atoms with Crippen LogP contribution in [0, 0.1) is 0 Å². The second-order valence-electron chi connectivity index (χ2n) is 3.13. The van der Waals surface area contributed by atoms with E-state index in [1.165, 1.54) is 13.0 Å². The Bertz CT molecular complexity index is 327. The molecule has 0 spiro atoms. The second kappa shape index (κ2) is 7.50. The number of hydrogen-bond donors (Lipinski definition) is 0. The van der Waals surface area contributed by atoms with Gasteiger partial charge in [-0.3, -0.25) is 4.79 Å². The van der Waals surface area contributed by atoms with E-state index in [1.807, 2.05) is 0 Å². The van der Waals surface area contributed by atoms with E-state index in [1.54, 1.807) is 6.92 Å². The number of ether oxygens (including phenoxy) is 1. The first-order valence-corrected chi connectivity index (χ1v) is 4.91. The number of ketones is 1. The van der Waals surface area contributed by atoms with Gasteiger partial charge >= 0.3 is 11.9 Å². The molecule has 16 heavy (non-hydrogen) atoms. The summed E-state index contributed by atoms with van der Waals surface area (Å²) < 4.78 is 4.10. The molecule has 0 aromatic rings. The van der Waals surface area contributed by atoms with E-state index < -0.39 is 11.9 Å². The predicted molar refractivity (Wildman–Crippen MR) is 55.5 cm³/mol. The average molecular weight is 226 g/mol. The van der Waals surface area contributed by atoms with Crippen molar-refractivity contribution < 1.29 is 23.9 Å². The van der Waals surface area contributed by atoms with Gasteiger partial charge in [0.05, 0.1) is 0 Å². The van der Waals surface area contributed by atoms with Crippen LogP contribution in [-0.2, 0) is 23.9 Å². The number of Topliss-reactive ketones (excluding diaryl/α,β-unsaturated/α-hetero) is 1. The smallest absolute Gasteiger partial charge is 0.341 e. The van der Waals surface area contributed by atoms with Crippen molar-refractivity contribution in [3.63, 3.8) is 0 Å². The largest absolute Gasteiger partial charge is 0.386 e. The molecule has 0 saturated heterocycles. The van der Waals surface area contributed by atoms with Gasteiger partial charge in [-0.05, 0) is 6.92 Å². The summed E-state index contributed by atoms with van der Waals surface area (Å²) in [5.74, 6) is -0.931. The highest BCUT2D eigenvalue weighted by Gasteiger charge is 2.18. The van der Waals surface area contributed by atoms with Gasteiger partial charge in [0, 0.05) is 30.9 Å². The maximum absolute atomic E-state index is 10.4. The van der Waals surface area contributed by atoms with Crippen LogP contribution in [0.5, 0.6) is 0 Å². The SMILES string of the molecule is CC1=CC(=O)OC1=O.CCC(=O)CCC=O. The van der Waals surface area contributed by atoms with Crippen molar-refractivity contribution in [2.75, 3.05) is 0 Å². The molecule has 0 amide bonds. The number of cyclic esters (lactones) is 2. The summed E-state index contributed by atoms with van der Waals surface area (Å²) in [6.45, 7) is 3.33. The number of aldehydes is 1. The second-order valence-corrected chi connectivity index (χ2v) is 3.13. The van der Waals surface area contributed by atoms with Gasteiger partial charge in [-0.15, -0.1) is 0 Å². The van der Waals surface area contributed by atoms with E-state index in [0.717, 1.165) is 6.29 Å². The summed E-state index contributed by atoms with van der Waals surface area (Å²) >= 11 is 0. The lowest BCUT2D eigenvalue weighted by molar-refractivity contribution is -0.150. The van der Waals surface area contributed by atoms with Crippen LogP contribution in [0.3, 0.4) is 0 Å². The zero-order chi connectivity index (χ0) is 12.6. The van der Waals surface area contributed by atoms with Crippen molar-refractivity contribution in [2.45, 2.75) is 33.1 Å². The molecule has 0 radical (unpaired) electrons. The summed E-state index contributed by atoms with van der Waals surface area (Å²) in [6.07, 6.45) is 3.29. The molecule has 0 N–H and O–H groups in total. The van der Waals surface area contributed by atoms with Gasteiger partial charge < -0.3 is 9.53 Å². The van der Waals surface area contributed by atoms with Crippen molar-refractivity contribution in [1.29, 1.82) is 0 Å². The first-order valence-electron chi connectivity index (χ1n) is 4.91. The van der Waals surface area contributed by atoms with Gasteiger partial charge in [0.1, 0.15) is 12.1 Å². The van der Waals surface area contributed by atoms with Gasteiger partial charge in [0.2, 0.25) is 0 Å². The molecule has 0 bridgehead atoms. The Hall–Kier alpha value is -1.78. The standard InChI is InChI=1S/C6H10O2.C5H4O3/c1-2-6(8)4-3-5-7;1-3-2-4(6)8-5(3)7/h5H,2-4H2,1H3;2H,1H3. The molecule has 0 fully saturated rings. The van der Waals surface area contributed by atoms with Gasteiger partial charge in [0.15, 0.2) is 0 Å². The zero-order valence-electron chi connectivity index (χ0n) is 9.32. The highest BCUT2D eigenvalue weighted by molar-refractivity contribution is 6.08. The quantitative estimate of drug-likeness (QED) is 0.405. The minimum absolute atomic E-state index is 0.164. The fraction of sp³-hybridized carbons (Fsp3) is 0.455. The van der Waals surface area contributed by atoms with Gasteiger partial charge in [-0.25, -0.2) is 9.59 Å². The third kappa shape index (κ3) is 5.85. The van der Waals surface area contributed by atoms with Crippen LogP contribution in [-0.4, -0.2) is 24.0 Å². The van der Waals surface area contributed by atoms with Gasteiger partial charge in [-0.2, -0.15) is 0 Å². The molecular weight excluding hydrogens is 212 g/mol. The molecule has 0 saturated carbocycles. The van der Waals surface area contributed by atoms with E-state index in [2.05, 4.69) is 4.74 Å². The van der Waals surface area contributed by atoms with E-state index in [9.17, 15) is 19.2 Å². The minimum atomic E-state index is -0.562. The number of carbonyl (C=O) groups excluding carboxylic acids is 4. The maximum Gasteiger partial charge on any atom is 0.341 e. The first-order chi connectivity index (χ1) is 7.51. The Kier molecular flexibility index (Phi) is 6.67. The highest BCUT2D eigenvalue weighted by Crippen LogP contribution is 2.04. The van der Waals surface area contributed by atoms with Crippen LogP contribution < -0.4 is 0 Å². The molecule has 5 heteroatoms. The zero-order valence-corrected chi connectivity index (χ0v) is 9.32. The minimum Gasteiger partial charge on any atom is -0.386 e. The Morgan fingerprint density at radius 1 is 1.44 bits per heavy atom. The van der Waals surface area contributed by atoms with Crippen LogP contribution in [0.1, 0.15) is 33.1 Å². The lowest BCUT2D eigenvalue weighted by atomic mass is 10.2. The topological polar surface area (TPSA) is 77.5 Å². The van der Waals surface area contributed by atoms with E-state index in [4.69, 9.17) is 0 Å². The fourth-order valence-corrected chi connectivity index (χ4v) is 0.834. The third-order valence-corrected chi connectivity index (χ3v) is 1.78. The van der Waals surface area contributed by atoms with E-state index >= 15 is 0 Å². The fourth-order valence-electron chi connectivity index (χ4n) is 0.834. The Labute approximate surface area is 93.5 Å². The van der Waals surface area contributed by atoms with Crippen molar-refractivity contribution in [2.24, 2.45) is 0 Å². The number of carbonyl (C=O) groups is 4. The number of hydrogen-bond acceptors (Lipinski definition) is 5. The Morgan fingerprint density at radius 2 is 2.06 bits per heavy atom. The molecular formula is C11H14O5. The van der Waals surface area contributed by atoms with Crippen molar-refractivity contribution in [3.05, 3.63) is 11.6 Å². The summed E-state index contributed by atoms with van der Waals surface area (Å²) in [6, 6.07) is 0. The average Bonchev–Trinajstić information content (AvgIpc) is 2.53. The van der Waals surface area contributed by atoms with Crippen molar-refractivity contribution in [1.82, 2.24) is 0 Å². The van der Waals surface area contributed by atoms with Crippen LogP contribution in [0.15, 0.2) is 11.6 Å². The number of rotatable bonds is 4. The molecule has 1 aliphatic heterocycles. The van der Waals surface area contributed by atoms with Crippen LogP contribution >= 0.6 is 0 Å². The molecule has 1 rings (SSSR count). The van der Waals surface area contributed by atoms with Crippen molar-refractivity contribution >= 4 is 24.0 Å². The molecule has 5 nitrogen and oxygen atoms in total. The predicted octanol–water partition coefficient (Wildman–Crippen LogP) is 0.961. The summed E-state index contributed by atoms with van der Waals surface area (Å²) in [5, 5.41) is 0. The van der Waals surface area contributed by atoms with Crippen molar-refractivity contribution in [3.8, 4) is 0 Å². The van der Waals surface area contributed by atoms with Crippen LogP contribution in [0.25, 0.3) is 0 Å². The lowest BCUT2D eigenvalue weighted by Crippen LogP contribution is -1.99. The summed E-state index contributed by atoms with van der Waals surface area (Å²) in [7, 11) is 0. The lowest BCUT2D eigenvalue weighted by Gasteiger charge is -1.86. The molecule has 0 aromatic carbocycles. The molecule has 0 aromatic heterocycles. The van der Waals surface area contributed by atoms with Gasteiger partial charge in [-0.1, -0.05) is 6.92 Å². The molecule has 0 atom stereocenters. The maximum atomic E-state index is 10.4. The molecule has 88 valence electrons. The summed E-state index contributed by atoms with van der Waals surface area (Å²) in [4.78, 5) is 40.5. The van der Waals surface area contributed by atoms with Gasteiger partial charge in [0.25, 0.3) is 0 Å². The van der Waals surface area contributed by atoms with E-state index in [-0.39, 0.29) is 5.78 Å². The first kappa shape index (κ1) is 14.2. The Balaban J connectivity index is 0.000000281. The highest BCUT2D eigenvalue weighted by atomic mass is 16.6. The Morgan fingerprint density at radius 3 is 2.31 bits per heavy atom. The molecule has 0 aliphatic carbocycles. The monoisotopic (exact) mass is 226 g/mol. The molecule has 0 unspecified atom stereocenters. The normalized spacial score (nSPS) is 13.5.